The highest BCUT2D eigenvalue weighted by molar-refractivity contribution is 7.89. The number of morpholine rings is 1. The van der Waals surface area contributed by atoms with E-state index in [9.17, 15) is 8.42 Å². The van der Waals surface area contributed by atoms with E-state index in [-0.39, 0.29) is 0 Å². The Hall–Kier alpha value is -1.48. The number of sulfonamides is 1. The van der Waals surface area contributed by atoms with Crippen molar-refractivity contribution < 1.29 is 13.2 Å². The number of rotatable bonds is 6. The van der Waals surface area contributed by atoms with Gasteiger partial charge in [-0.25, -0.2) is 13.4 Å². The Balaban J connectivity index is 1.58. The van der Waals surface area contributed by atoms with E-state index in [1.165, 1.54) is 30.0 Å². The van der Waals surface area contributed by atoms with Crippen LogP contribution in [-0.4, -0.2) is 54.6 Å². The number of nitrogens with zero attached hydrogens (tertiary/aromatic N) is 3. The molecule has 0 amide bonds. The lowest BCUT2D eigenvalue weighted by Gasteiger charge is -2.29. The Morgan fingerprint density at radius 3 is 2.69 bits per heavy atom. The molecule has 0 radical (unpaired) electrons. The zero-order valence-corrected chi connectivity index (χ0v) is 18.2. The first-order valence-corrected chi connectivity index (χ1v) is 12.2. The Morgan fingerprint density at radius 2 is 1.97 bits per heavy atom. The third-order valence-corrected chi connectivity index (χ3v) is 8.25. The molecule has 1 aliphatic carbocycles. The van der Waals surface area contributed by atoms with Gasteiger partial charge in [0.05, 0.1) is 35.7 Å². The Labute approximate surface area is 173 Å². The van der Waals surface area contributed by atoms with Crippen molar-refractivity contribution in [3.63, 3.8) is 0 Å². The first-order valence-electron chi connectivity index (χ1n) is 10.8. The summed E-state index contributed by atoms with van der Waals surface area (Å²) in [5.74, 6) is 1.66. The molecule has 29 heavy (non-hydrogen) atoms. The van der Waals surface area contributed by atoms with Gasteiger partial charge in [0.15, 0.2) is 0 Å². The van der Waals surface area contributed by atoms with E-state index in [1.54, 1.807) is 12.1 Å². The summed E-state index contributed by atoms with van der Waals surface area (Å²) in [6.45, 7) is 7.64. The van der Waals surface area contributed by atoms with Crippen molar-refractivity contribution in [3.8, 4) is 0 Å². The van der Waals surface area contributed by atoms with Gasteiger partial charge in [0.1, 0.15) is 5.82 Å². The summed E-state index contributed by atoms with van der Waals surface area (Å²) in [7, 11) is -3.51. The minimum absolute atomic E-state index is 0.313. The summed E-state index contributed by atoms with van der Waals surface area (Å²) in [4.78, 5) is 5.12. The number of hydrogen-bond donors (Lipinski definition) is 1. The fourth-order valence-electron chi connectivity index (χ4n) is 4.59. The number of fused-ring (bicyclic) bond motifs is 1. The van der Waals surface area contributed by atoms with Crippen LogP contribution < -0.4 is 5.32 Å². The highest BCUT2D eigenvalue weighted by Gasteiger charge is 2.27. The molecule has 2 fully saturated rings. The van der Waals surface area contributed by atoms with Crippen LogP contribution in [0.2, 0.25) is 0 Å². The van der Waals surface area contributed by atoms with Crippen molar-refractivity contribution in [2.75, 3.05) is 26.3 Å². The van der Waals surface area contributed by atoms with Gasteiger partial charge in [-0.2, -0.15) is 4.31 Å². The van der Waals surface area contributed by atoms with Crippen LogP contribution in [0.1, 0.15) is 45.4 Å². The quantitative estimate of drug-likeness (QED) is 0.778. The van der Waals surface area contributed by atoms with Crippen LogP contribution in [0.3, 0.4) is 0 Å². The molecule has 2 aliphatic rings. The predicted octanol–water partition coefficient (Wildman–Crippen LogP) is 2.75. The average molecular weight is 421 g/mol. The number of ether oxygens (including phenoxy) is 1. The molecule has 2 atom stereocenters. The van der Waals surface area contributed by atoms with Crippen molar-refractivity contribution >= 4 is 21.1 Å². The van der Waals surface area contributed by atoms with Gasteiger partial charge in [0.2, 0.25) is 10.0 Å². The van der Waals surface area contributed by atoms with E-state index < -0.39 is 10.0 Å². The molecule has 1 saturated heterocycles. The molecule has 2 unspecified atom stereocenters. The SMILES string of the molecule is CCn1c(CNC2CCCCC2C)nc2cc(S(=O)(=O)N3CCOCC3)ccc21. The summed E-state index contributed by atoms with van der Waals surface area (Å²) in [5, 5.41) is 3.70. The Bertz CT molecular complexity index is 950. The highest BCUT2D eigenvalue weighted by Crippen LogP contribution is 2.26. The van der Waals surface area contributed by atoms with Gasteiger partial charge in [-0.05, 0) is 43.9 Å². The van der Waals surface area contributed by atoms with Gasteiger partial charge < -0.3 is 14.6 Å². The van der Waals surface area contributed by atoms with Gasteiger partial charge >= 0.3 is 0 Å². The predicted molar refractivity (Wildman–Crippen MR) is 113 cm³/mol. The number of nitrogens with one attached hydrogen (secondary N) is 1. The molecule has 8 heteroatoms. The molecule has 0 spiro atoms. The molecule has 1 N–H and O–H groups in total. The Morgan fingerprint density at radius 1 is 1.21 bits per heavy atom. The molecule has 4 rings (SSSR count). The van der Waals surface area contributed by atoms with E-state index in [2.05, 4.69) is 23.7 Å². The smallest absolute Gasteiger partial charge is 0.243 e. The van der Waals surface area contributed by atoms with Gasteiger partial charge in [0, 0.05) is 25.7 Å². The van der Waals surface area contributed by atoms with Crippen molar-refractivity contribution in [2.45, 2.75) is 63.6 Å². The van der Waals surface area contributed by atoms with Gasteiger partial charge in [0.25, 0.3) is 0 Å². The monoisotopic (exact) mass is 420 g/mol. The zero-order valence-electron chi connectivity index (χ0n) is 17.4. The second-order valence-electron chi connectivity index (χ2n) is 8.19. The fourth-order valence-corrected chi connectivity index (χ4v) is 6.01. The summed E-state index contributed by atoms with van der Waals surface area (Å²) < 4.78 is 34.9. The van der Waals surface area contributed by atoms with Crippen LogP contribution in [0.4, 0.5) is 0 Å². The summed E-state index contributed by atoms with van der Waals surface area (Å²) in [6, 6.07) is 5.86. The van der Waals surface area contributed by atoms with E-state index in [4.69, 9.17) is 9.72 Å². The van der Waals surface area contributed by atoms with Crippen LogP contribution in [0.5, 0.6) is 0 Å². The molecule has 1 aromatic carbocycles. The number of imidazole rings is 1. The van der Waals surface area contributed by atoms with E-state index in [0.717, 1.165) is 23.4 Å². The second kappa shape index (κ2) is 8.71. The van der Waals surface area contributed by atoms with E-state index in [1.807, 2.05) is 6.07 Å². The number of hydrogen-bond acceptors (Lipinski definition) is 5. The lowest BCUT2D eigenvalue weighted by molar-refractivity contribution is 0.0730. The van der Waals surface area contributed by atoms with Gasteiger partial charge in [-0.1, -0.05) is 19.8 Å². The second-order valence-corrected chi connectivity index (χ2v) is 10.1. The maximum Gasteiger partial charge on any atom is 0.243 e. The summed E-state index contributed by atoms with van der Waals surface area (Å²) in [5.41, 5.74) is 1.73. The molecule has 2 heterocycles. The van der Waals surface area contributed by atoms with Gasteiger partial charge in [-0.3, -0.25) is 0 Å². The van der Waals surface area contributed by atoms with Crippen LogP contribution >= 0.6 is 0 Å². The molecule has 1 saturated carbocycles. The van der Waals surface area contributed by atoms with Crippen LogP contribution in [0, 0.1) is 5.92 Å². The third kappa shape index (κ3) is 4.21. The normalized spacial score (nSPS) is 24.2. The van der Waals surface area contributed by atoms with Gasteiger partial charge in [-0.15, -0.1) is 0 Å². The molecular formula is C21H32N4O3S. The standard InChI is InChI=1S/C21H32N4O3S/c1-3-25-20-9-8-17(29(26,27)24-10-12-28-13-11-24)14-19(20)23-21(25)15-22-18-7-5-4-6-16(18)2/h8-9,14,16,18,22H,3-7,10-13,15H2,1-2H3. The number of benzene rings is 1. The minimum Gasteiger partial charge on any atom is -0.379 e. The molecule has 1 aliphatic heterocycles. The molecule has 1 aromatic heterocycles. The molecule has 2 aromatic rings. The molecular weight excluding hydrogens is 388 g/mol. The molecule has 0 bridgehead atoms. The zero-order chi connectivity index (χ0) is 20.4. The maximum atomic E-state index is 13.0. The van der Waals surface area contributed by atoms with E-state index in [0.29, 0.717) is 49.7 Å². The van der Waals surface area contributed by atoms with Crippen LogP contribution in [-0.2, 0) is 27.8 Å². The van der Waals surface area contributed by atoms with Crippen molar-refractivity contribution in [3.05, 3.63) is 24.0 Å². The first-order chi connectivity index (χ1) is 14.0. The minimum atomic E-state index is -3.51. The van der Waals surface area contributed by atoms with Crippen LogP contribution in [0.25, 0.3) is 11.0 Å². The molecule has 160 valence electrons. The fraction of sp³-hybridized carbons (Fsp3) is 0.667. The Kier molecular flexibility index (Phi) is 6.24. The number of aryl methyl sites for hydroxylation is 1. The summed E-state index contributed by atoms with van der Waals surface area (Å²) >= 11 is 0. The molecule has 7 nitrogen and oxygen atoms in total. The summed E-state index contributed by atoms with van der Waals surface area (Å²) in [6.07, 6.45) is 5.11. The lowest BCUT2D eigenvalue weighted by atomic mass is 9.86. The van der Waals surface area contributed by atoms with Crippen molar-refractivity contribution in [2.24, 2.45) is 5.92 Å². The number of aromatic nitrogens is 2. The average Bonchev–Trinajstić information content (AvgIpc) is 3.10. The van der Waals surface area contributed by atoms with E-state index >= 15 is 0 Å². The maximum absolute atomic E-state index is 13.0. The lowest BCUT2D eigenvalue weighted by Crippen LogP contribution is -2.40. The van der Waals surface area contributed by atoms with Crippen molar-refractivity contribution in [1.82, 2.24) is 19.2 Å². The largest absolute Gasteiger partial charge is 0.379 e. The topological polar surface area (TPSA) is 76.5 Å². The third-order valence-electron chi connectivity index (χ3n) is 6.36. The van der Waals surface area contributed by atoms with Crippen molar-refractivity contribution in [1.29, 1.82) is 0 Å². The van der Waals surface area contributed by atoms with Crippen LogP contribution in [0.15, 0.2) is 23.1 Å². The first kappa shape index (κ1) is 20.8. The highest BCUT2D eigenvalue weighted by atomic mass is 32.2.